The lowest BCUT2D eigenvalue weighted by molar-refractivity contribution is 0.0950. The Morgan fingerprint density at radius 1 is 1.21 bits per heavy atom. The van der Waals surface area contributed by atoms with E-state index in [9.17, 15) is 4.79 Å². The highest BCUT2D eigenvalue weighted by Gasteiger charge is 2.10. The molecule has 0 saturated carbocycles. The molecule has 2 rings (SSSR count). The van der Waals surface area contributed by atoms with E-state index in [2.05, 4.69) is 27.9 Å². The van der Waals surface area contributed by atoms with Gasteiger partial charge >= 0.3 is 0 Å². The molecule has 3 nitrogen and oxygen atoms in total. The number of benzene rings is 2. The van der Waals surface area contributed by atoms with Gasteiger partial charge in [-0.3, -0.25) is 4.79 Å². The summed E-state index contributed by atoms with van der Waals surface area (Å²) in [7, 11) is 0. The number of nitrogen functional groups attached to an aromatic ring is 1. The number of carbonyl (C=O) groups is 1. The van der Waals surface area contributed by atoms with Crippen molar-refractivity contribution in [2.45, 2.75) is 13.5 Å². The van der Waals surface area contributed by atoms with Gasteiger partial charge < -0.3 is 11.1 Å². The van der Waals surface area contributed by atoms with Gasteiger partial charge in [0.1, 0.15) is 0 Å². The van der Waals surface area contributed by atoms with Crippen molar-refractivity contribution in [3.63, 3.8) is 0 Å². The van der Waals surface area contributed by atoms with Gasteiger partial charge in [0, 0.05) is 15.8 Å². The standard InChI is InChI=1S/C15H15IN2O/c1-10-3-2-4-13(14(10)16)15(19)18-9-11-5-7-12(17)8-6-11/h2-8H,9,17H2,1H3,(H,18,19). The second-order valence-corrected chi connectivity index (χ2v) is 5.44. The number of halogens is 1. The molecule has 0 aliphatic heterocycles. The molecule has 0 aliphatic rings. The normalized spacial score (nSPS) is 10.2. The number of rotatable bonds is 3. The maximum atomic E-state index is 12.1. The minimum absolute atomic E-state index is 0.0510. The molecule has 0 heterocycles. The number of carbonyl (C=O) groups excluding carboxylic acids is 1. The number of nitrogens with two attached hydrogens (primary N) is 1. The predicted molar refractivity (Wildman–Crippen MR) is 85.9 cm³/mol. The molecule has 0 atom stereocenters. The van der Waals surface area contributed by atoms with Crippen molar-refractivity contribution in [3.8, 4) is 0 Å². The Labute approximate surface area is 126 Å². The van der Waals surface area contributed by atoms with Crippen LogP contribution in [-0.2, 0) is 6.54 Å². The molecule has 1 amide bonds. The van der Waals surface area contributed by atoms with E-state index in [0.29, 0.717) is 6.54 Å². The van der Waals surface area contributed by atoms with E-state index in [1.165, 1.54) is 0 Å². The third-order valence-corrected chi connectivity index (χ3v) is 4.30. The van der Waals surface area contributed by atoms with Crippen LogP contribution in [0.25, 0.3) is 0 Å². The zero-order valence-corrected chi connectivity index (χ0v) is 12.8. The molecule has 0 fully saturated rings. The van der Waals surface area contributed by atoms with Gasteiger partial charge in [-0.25, -0.2) is 0 Å². The van der Waals surface area contributed by atoms with Gasteiger partial charge in [0.05, 0.1) is 5.56 Å². The number of nitrogens with one attached hydrogen (secondary N) is 1. The lowest BCUT2D eigenvalue weighted by Gasteiger charge is -2.08. The van der Waals surface area contributed by atoms with Gasteiger partial charge in [-0.1, -0.05) is 24.3 Å². The summed E-state index contributed by atoms with van der Waals surface area (Å²) in [5, 5.41) is 2.92. The monoisotopic (exact) mass is 366 g/mol. The first-order chi connectivity index (χ1) is 9.08. The van der Waals surface area contributed by atoms with Crippen LogP contribution in [0.1, 0.15) is 21.5 Å². The molecule has 0 unspecified atom stereocenters. The van der Waals surface area contributed by atoms with E-state index in [4.69, 9.17) is 5.73 Å². The molecule has 98 valence electrons. The van der Waals surface area contributed by atoms with Gasteiger partial charge in [0.25, 0.3) is 5.91 Å². The van der Waals surface area contributed by atoms with Gasteiger partial charge in [-0.05, 0) is 58.8 Å². The Bertz CT molecular complexity index is 594. The van der Waals surface area contributed by atoms with Crippen LogP contribution in [0, 0.1) is 10.5 Å². The maximum absolute atomic E-state index is 12.1. The average molecular weight is 366 g/mol. The summed E-state index contributed by atoms with van der Waals surface area (Å²) in [5.41, 5.74) is 9.21. The van der Waals surface area contributed by atoms with E-state index in [0.717, 1.165) is 25.9 Å². The fourth-order valence-corrected chi connectivity index (χ4v) is 2.34. The zero-order valence-electron chi connectivity index (χ0n) is 10.6. The molecule has 0 spiro atoms. The summed E-state index contributed by atoms with van der Waals surface area (Å²) in [6, 6.07) is 13.2. The smallest absolute Gasteiger partial charge is 0.252 e. The van der Waals surface area contributed by atoms with Crippen LogP contribution in [-0.4, -0.2) is 5.91 Å². The molecule has 19 heavy (non-hydrogen) atoms. The summed E-state index contributed by atoms with van der Waals surface area (Å²) >= 11 is 2.20. The lowest BCUT2D eigenvalue weighted by atomic mass is 10.1. The first-order valence-electron chi connectivity index (χ1n) is 5.95. The van der Waals surface area contributed by atoms with Crippen molar-refractivity contribution < 1.29 is 4.79 Å². The van der Waals surface area contributed by atoms with E-state index < -0.39 is 0 Å². The molecule has 2 aromatic carbocycles. The minimum atomic E-state index is -0.0510. The van der Waals surface area contributed by atoms with Gasteiger partial charge in [0.15, 0.2) is 0 Å². The van der Waals surface area contributed by atoms with Crippen molar-refractivity contribution >= 4 is 34.2 Å². The lowest BCUT2D eigenvalue weighted by Crippen LogP contribution is -2.23. The summed E-state index contributed by atoms with van der Waals surface area (Å²) in [5.74, 6) is -0.0510. The van der Waals surface area contributed by atoms with E-state index in [1.54, 1.807) is 0 Å². The quantitative estimate of drug-likeness (QED) is 0.648. The molecule has 0 radical (unpaired) electrons. The van der Waals surface area contributed by atoms with Crippen molar-refractivity contribution in [3.05, 3.63) is 62.7 Å². The number of hydrogen-bond acceptors (Lipinski definition) is 2. The first kappa shape index (κ1) is 13.9. The molecule has 3 N–H and O–H groups in total. The highest BCUT2D eigenvalue weighted by atomic mass is 127. The van der Waals surface area contributed by atoms with Crippen molar-refractivity contribution in [2.24, 2.45) is 0 Å². The predicted octanol–water partition coefficient (Wildman–Crippen LogP) is 3.11. The largest absolute Gasteiger partial charge is 0.399 e. The van der Waals surface area contributed by atoms with Crippen LogP contribution >= 0.6 is 22.6 Å². The number of amides is 1. The van der Waals surface area contributed by atoms with Crippen LogP contribution in [0.15, 0.2) is 42.5 Å². The summed E-state index contributed by atoms with van der Waals surface area (Å²) in [4.78, 5) is 12.1. The molecule has 0 aromatic heterocycles. The fourth-order valence-electron chi connectivity index (χ4n) is 1.74. The topological polar surface area (TPSA) is 55.1 Å². The molecular formula is C15H15IN2O. The molecule has 4 heteroatoms. The SMILES string of the molecule is Cc1cccc(C(=O)NCc2ccc(N)cc2)c1I. The Balaban J connectivity index is 2.05. The van der Waals surface area contributed by atoms with Crippen LogP contribution in [0.5, 0.6) is 0 Å². The third kappa shape index (κ3) is 3.47. The molecule has 0 bridgehead atoms. The Kier molecular flexibility index (Phi) is 4.42. The van der Waals surface area contributed by atoms with Crippen molar-refractivity contribution in [1.82, 2.24) is 5.32 Å². The van der Waals surface area contributed by atoms with Crippen molar-refractivity contribution in [1.29, 1.82) is 0 Å². The molecule has 0 saturated heterocycles. The van der Waals surface area contributed by atoms with Gasteiger partial charge in [-0.15, -0.1) is 0 Å². The fraction of sp³-hybridized carbons (Fsp3) is 0.133. The van der Waals surface area contributed by atoms with Gasteiger partial charge in [-0.2, -0.15) is 0 Å². The highest BCUT2D eigenvalue weighted by molar-refractivity contribution is 14.1. The van der Waals surface area contributed by atoms with Crippen LogP contribution in [0.4, 0.5) is 5.69 Å². The minimum Gasteiger partial charge on any atom is -0.399 e. The number of aryl methyl sites for hydroxylation is 1. The summed E-state index contributed by atoms with van der Waals surface area (Å²) < 4.78 is 0.995. The summed E-state index contributed by atoms with van der Waals surface area (Å²) in [6.45, 7) is 2.50. The Morgan fingerprint density at radius 3 is 2.58 bits per heavy atom. The van der Waals surface area contributed by atoms with Crippen LogP contribution in [0.3, 0.4) is 0 Å². The molecular weight excluding hydrogens is 351 g/mol. The second kappa shape index (κ2) is 6.06. The Morgan fingerprint density at radius 2 is 1.89 bits per heavy atom. The molecule has 2 aromatic rings. The van der Waals surface area contributed by atoms with Crippen molar-refractivity contribution in [2.75, 3.05) is 5.73 Å². The Hall–Kier alpha value is -1.56. The second-order valence-electron chi connectivity index (χ2n) is 4.36. The van der Waals surface area contributed by atoms with E-state index in [-0.39, 0.29) is 5.91 Å². The third-order valence-electron chi connectivity index (χ3n) is 2.87. The van der Waals surface area contributed by atoms with Crippen LogP contribution < -0.4 is 11.1 Å². The highest BCUT2D eigenvalue weighted by Crippen LogP contribution is 2.16. The zero-order chi connectivity index (χ0) is 13.8. The first-order valence-corrected chi connectivity index (χ1v) is 7.03. The molecule has 0 aliphatic carbocycles. The number of anilines is 1. The van der Waals surface area contributed by atoms with Crippen LogP contribution in [0.2, 0.25) is 0 Å². The van der Waals surface area contributed by atoms with Gasteiger partial charge in [0.2, 0.25) is 0 Å². The maximum Gasteiger partial charge on any atom is 0.252 e. The number of hydrogen-bond donors (Lipinski definition) is 2. The summed E-state index contributed by atoms with van der Waals surface area (Å²) in [6.07, 6.45) is 0. The average Bonchev–Trinajstić information content (AvgIpc) is 2.41. The van der Waals surface area contributed by atoms with E-state index >= 15 is 0 Å². The van der Waals surface area contributed by atoms with E-state index in [1.807, 2.05) is 49.4 Å².